The van der Waals surface area contributed by atoms with Crippen molar-refractivity contribution in [2.45, 2.75) is 6.92 Å². The summed E-state index contributed by atoms with van der Waals surface area (Å²) in [6.07, 6.45) is 3.76. The van der Waals surface area contributed by atoms with Gasteiger partial charge >= 0.3 is 5.97 Å². The Morgan fingerprint density at radius 2 is 2.27 bits per heavy atom. The van der Waals surface area contributed by atoms with E-state index in [4.69, 9.17) is 5.73 Å². The van der Waals surface area contributed by atoms with Gasteiger partial charge in [-0.15, -0.1) is 0 Å². The minimum atomic E-state index is -0.322. The van der Waals surface area contributed by atoms with Crippen molar-refractivity contribution in [2.24, 2.45) is 5.73 Å². The van der Waals surface area contributed by atoms with Gasteiger partial charge in [0, 0.05) is 6.54 Å². The van der Waals surface area contributed by atoms with Gasteiger partial charge in [-0.3, -0.25) is 0 Å². The van der Waals surface area contributed by atoms with E-state index in [-0.39, 0.29) is 5.97 Å². The SMILES string of the molecule is COC(=O)c1ccc(C)c(C=CCN)c1. The molecule has 0 unspecified atom stereocenters. The largest absolute Gasteiger partial charge is 0.465 e. The Bertz CT molecular complexity index is 383. The zero-order valence-corrected chi connectivity index (χ0v) is 8.99. The van der Waals surface area contributed by atoms with Gasteiger partial charge in [0.15, 0.2) is 0 Å². The van der Waals surface area contributed by atoms with Crippen LogP contribution in [0.4, 0.5) is 0 Å². The van der Waals surface area contributed by atoms with E-state index < -0.39 is 0 Å². The van der Waals surface area contributed by atoms with Gasteiger partial charge < -0.3 is 10.5 Å². The molecule has 80 valence electrons. The number of carbonyl (C=O) groups excluding carboxylic acids is 1. The Kier molecular flexibility index (Phi) is 4.06. The van der Waals surface area contributed by atoms with Crippen LogP contribution >= 0.6 is 0 Å². The van der Waals surface area contributed by atoms with Gasteiger partial charge in [-0.2, -0.15) is 0 Å². The van der Waals surface area contributed by atoms with Crippen LogP contribution in [0, 0.1) is 6.92 Å². The van der Waals surface area contributed by atoms with Gasteiger partial charge in [-0.1, -0.05) is 18.2 Å². The highest BCUT2D eigenvalue weighted by molar-refractivity contribution is 5.90. The number of aryl methyl sites for hydroxylation is 1. The van der Waals surface area contributed by atoms with Crippen molar-refractivity contribution >= 4 is 12.0 Å². The van der Waals surface area contributed by atoms with Crippen LogP contribution in [0.3, 0.4) is 0 Å². The number of hydrogen-bond donors (Lipinski definition) is 1. The summed E-state index contributed by atoms with van der Waals surface area (Å²) in [5, 5.41) is 0. The minimum Gasteiger partial charge on any atom is -0.465 e. The Hall–Kier alpha value is -1.61. The standard InChI is InChI=1S/C12H15NO2/c1-9-5-6-11(12(14)15-2)8-10(9)4-3-7-13/h3-6,8H,7,13H2,1-2H3. The summed E-state index contributed by atoms with van der Waals surface area (Å²) in [7, 11) is 1.37. The molecule has 0 aromatic heterocycles. The molecule has 0 aliphatic carbocycles. The maximum atomic E-state index is 11.3. The highest BCUT2D eigenvalue weighted by Crippen LogP contribution is 2.13. The molecular weight excluding hydrogens is 190 g/mol. The van der Waals surface area contributed by atoms with Crippen molar-refractivity contribution in [1.29, 1.82) is 0 Å². The van der Waals surface area contributed by atoms with Gasteiger partial charge in [0.25, 0.3) is 0 Å². The number of benzene rings is 1. The second kappa shape index (κ2) is 5.32. The molecule has 0 aliphatic heterocycles. The maximum Gasteiger partial charge on any atom is 0.337 e. The van der Waals surface area contributed by atoms with Crippen molar-refractivity contribution in [1.82, 2.24) is 0 Å². The predicted molar refractivity (Wildman–Crippen MR) is 60.6 cm³/mol. The van der Waals surface area contributed by atoms with Gasteiger partial charge in [-0.05, 0) is 30.2 Å². The third-order valence-corrected chi connectivity index (χ3v) is 2.13. The van der Waals surface area contributed by atoms with Gasteiger partial charge in [0.1, 0.15) is 0 Å². The average Bonchev–Trinajstić information content (AvgIpc) is 2.27. The highest BCUT2D eigenvalue weighted by atomic mass is 16.5. The quantitative estimate of drug-likeness (QED) is 0.765. The van der Waals surface area contributed by atoms with Crippen molar-refractivity contribution in [3.63, 3.8) is 0 Å². The van der Waals surface area contributed by atoms with E-state index in [2.05, 4.69) is 4.74 Å². The lowest BCUT2D eigenvalue weighted by Gasteiger charge is -2.03. The smallest absolute Gasteiger partial charge is 0.337 e. The Morgan fingerprint density at radius 3 is 2.87 bits per heavy atom. The predicted octanol–water partition coefficient (Wildman–Crippen LogP) is 1.75. The lowest BCUT2D eigenvalue weighted by molar-refractivity contribution is 0.0600. The average molecular weight is 205 g/mol. The summed E-state index contributed by atoms with van der Waals surface area (Å²) in [5.74, 6) is -0.322. The molecular formula is C12H15NO2. The van der Waals surface area contributed by atoms with Crippen LogP contribution in [-0.2, 0) is 4.74 Å². The molecule has 0 bridgehead atoms. The first kappa shape index (κ1) is 11.5. The second-order valence-corrected chi connectivity index (χ2v) is 3.20. The summed E-state index contributed by atoms with van der Waals surface area (Å²) in [5.41, 5.74) is 8.02. The van der Waals surface area contributed by atoms with Crippen molar-refractivity contribution in [3.8, 4) is 0 Å². The Labute approximate surface area is 89.5 Å². The summed E-state index contributed by atoms with van der Waals surface area (Å²) < 4.78 is 4.65. The number of rotatable bonds is 3. The first-order valence-electron chi connectivity index (χ1n) is 4.74. The monoisotopic (exact) mass is 205 g/mol. The second-order valence-electron chi connectivity index (χ2n) is 3.20. The van der Waals surface area contributed by atoms with Crippen LogP contribution in [0.15, 0.2) is 24.3 Å². The van der Waals surface area contributed by atoms with E-state index in [1.165, 1.54) is 7.11 Å². The van der Waals surface area contributed by atoms with E-state index in [1.54, 1.807) is 12.1 Å². The van der Waals surface area contributed by atoms with E-state index in [1.807, 2.05) is 25.1 Å². The van der Waals surface area contributed by atoms with Crippen molar-refractivity contribution in [3.05, 3.63) is 41.0 Å². The molecule has 0 saturated heterocycles. The van der Waals surface area contributed by atoms with Crippen LogP contribution < -0.4 is 5.73 Å². The molecule has 0 amide bonds. The van der Waals surface area contributed by atoms with Crippen LogP contribution in [0.1, 0.15) is 21.5 Å². The lowest BCUT2D eigenvalue weighted by atomic mass is 10.0. The van der Waals surface area contributed by atoms with Crippen LogP contribution in [0.25, 0.3) is 6.08 Å². The molecule has 15 heavy (non-hydrogen) atoms. The normalized spacial score (nSPS) is 10.6. The first-order valence-corrected chi connectivity index (χ1v) is 4.74. The molecule has 1 rings (SSSR count). The maximum absolute atomic E-state index is 11.3. The number of carbonyl (C=O) groups is 1. The molecule has 0 fully saturated rings. The number of hydrogen-bond acceptors (Lipinski definition) is 3. The van der Waals surface area contributed by atoms with E-state index >= 15 is 0 Å². The molecule has 0 spiro atoms. The topological polar surface area (TPSA) is 52.3 Å². The van der Waals surface area contributed by atoms with Gasteiger partial charge in [0.05, 0.1) is 12.7 Å². The fraction of sp³-hybridized carbons (Fsp3) is 0.250. The molecule has 0 heterocycles. The van der Waals surface area contributed by atoms with E-state index in [0.29, 0.717) is 12.1 Å². The number of nitrogens with two attached hydrogens (primary N) is 1. The molecule has 1 aromatic rings. The van der Waals surface area contributed by atoms with Crippen molar-refractivity contribution < 1.29 is 9.53 Å². The van der Waals surface area contributed by atoms with Gasteiger partial charge in [0.2, 0.25) is 0 Å². The zero-order valence-electron chi connectivity index (χ0n) is 8.99. The Balaban J connectivity index is 3.05. The molecule has 0 radical (unpaired) electrons. The summed E-state index contributed by atoms with van der Waals surface area (Å²) in [4.78, 5) is 11.3. The highest BCUT2D eigenvalue weighted by Gasteiger charge is 2.05. The van der Waals surface area contributed by atoms with Crippen molar-refractivity contribution in [2.75, 3.05) is 13.7 Å². The number of esters is 1. The van der Waals surface area contributed by atoms with Gasteiger partial charge in [-0.25, -0.2) is 4.79 Å². The third-order valence-electron chi connectivity index (χ3n) is 2.13. The zero-order chi connectivity index (χ0) is 11.3. The minimum absolute atomic E-state index is 0.322. The fourth-order valence-electron chi connectivity index (χ4n) is 1.26. The fourth-order valence-corrected chi connectivity index (χ4v) is 1.26. The summed E-state index contributed by atoms with van der Waals surface area (Å²) >= 11 is 0. The van der Waals surface area contributed by atoms with E-state index in [0.717, 1.165) is 11.1 Å². The first-order chi connectivity index (χ1) is 7.19. The third kappa shape index (κ3) is 2.92. The van der Waals surface area contributed by atoms with Crippen LogP contribution in [0.5, 0.6) is 0 Å². The molecule has 0 atom stereocenters. The summed E-state index contributed by atoms with van der Waals surface area (Å²) in [6, 6.07) is 5.44. The molecule has 2 N–H and O–H groups in total. The van der Waals surface area contributed by atoms with Crippen LogP contribution in [0.2, 0.25) is 0 Å². The number of methoxy groups -OCH3 is 1. The number of ether oxygens (including phenoxy) is 1. The van der Waals surface area contributed by atoms with Crippen LogP contribution in [-0.4, -0.2) is 19.6 Å². The Morgan fingerprint density at radius 1 is 1.53 bits per heavy atom. The molecule has 0 aliphatic rings. The molecule has 1 aromatic carbocycles. The molecule has 3 nitrogen and oxygen atoms in total. The molecule has 0 saturated carbocycles. The lowest BCUT2D eigenvalue weighted by Crippen LogP contribution is -2.01. The summed E-state index contributed by atoms with van der Waals surface area (Å²) in [6.45, 7) is 2.47. The van der Waals surface area contributed by atoms with E-state index in [9.17, 15) is 4.79 Å². The molecule has 3 heteroatoms.